The van der Waals surface area contributed by atoms with Gasteiger partial charge in [0.05, 0.1) is 0 Å². The van der Waals surface area contributed by atoms with Crippen LogP contribution in [-0.2, 0) is 0 Å². The minimum Gasteiger partial charge on any atom is -0.455 e. The summed E-state index contributed by atoms with van der Waals surface area (Å²) < 4.78 is 6.82. The first kappa shape index (κ1) is 26.6. The van der Waals surface area contributed by atoms with E-state index >= 15 is 0 Å². The Labute approximate surface area is 282 Å². The summed E-state index contributed by atoms with van der Waals surface area (Å²) in [6.45, 7) is 0. The summed E-state index contributed by atoms with van der Waals surface area (Å²) in [6, 6.07) is 62.1. The van der Waals surface area contributed by atoms with Gasteiger partial charge in [0, 0.05) is 16.3 Å². The molecule has 0 fully saturated rings. The van der Waals surface area contributed by atoms with Crippen LogP contribution in [0.3, 0.4) is 0 Å². The average Bonchev–Trinajstić information content (AvgIpc) is 3.54. The van der Waals surface area contributed by atoms with Crippen molar-refractivity contribution in [2.24, 2.45) is 0 Å². The molecule has 0 aliphatic carbocycles. The van der Waals surface area contributed by atoms with Crippen LogP contribution in [0.5, 0.6) is 0 Å². The van der Waals surface area contributed by atoms with Gasteiger partial charge in [-0.15, -0.1) is 0 Å². The van der Waals surface area contributed by atoms with Gasteiger partial charge < -0.3 is 4.42 Å². The zero-order valence-electron chi connectivity index (χ0n) is 26.6. The largest absolute Gasteiger partial charge is 0.455 e. The lowest BCUT2D eigenvalue weighted by Crippen LogP contribution is -1.88. The van der Waals surface area contributed by atoms with Crippen LogP contribution in [0.1, 0.15) is 0 Å². The van der Waals surface area contributed by atoms with Crippen molar-refractivity contribution in [2.75, 3.05) is 0 Å². The Morgan fingerprint density at radius 2 is 0.816 bits per heavy atom. The smallest absolute Gasteiger partial charge is 0.143 e. The second-order valence-corrected chi connectivity index (χ2v) is 13.3. The predicted octanol–water partition coefficient (Wildman–Crippen LogP) is 13.8. The van der Waals surface area contributed by atoms with Crippen LogP contribution in [0, 0.1) is 0 Å². The molecule has 0 unspecified atom stereocenters. The molecule has 11 rings (SSSR count). The van der Waals surface area contributed by atoms with Crippen LogP contribution in [0.25, 0.3) is 109 Å². The van der Waals surface area contributed by atoms with E-state index in [-0.39, 0.29) is 0 Å². The highest BCUT2D eigenvalue weighted by atomic mass is 16.3. The predicted molar refractivity (Wildman–Crippen MR) is 209 cm³/mol. The van der Waals surface area contributed by atoms with Crippen molar-refractivity contribution >= 4 is 75.8 Å². The molecule has 1 aromatic heterocycles. The fourth-order valence-corrected chi connectivity index (χ4v) is 8.21. The molecule has 0 amide bonds. The number of hydrogen-bond donors (Lipinski definition) is 0. The third-order valence-electron chi connectivity index (χ3n) is 10.6. The molecule has 226 valence electrons. The molecule has 10 aromatic carbocycles. The maximum absolute atomic E-state index is 6.82. The Hall–Kier alpha value is -6.44. The maximum atomic E-state index is 6.82. The molecule has 0 radical (unpaired) electrons. The molecule has 49 heavy (non-hydrogen) atoms. The van der Waals surface area contributed by atoms with Gasteiger partial charge in [0.15, 0.2) is 0 Å². The second kappa shape index (κ2) is 10.0. The molecule has 11 aromatic rings. The fraction of sp³-hybridized carbons (Fsp3) is 0. The molecule has 0 saturated carbocycles. The summed E-state index contributed by atoms with van der Waals surface area (Å²) in [5.41, 5.74) is 8.92. The van der Waals surface area contributed by atoms with E-state index in [0.29, 0.717) is 0 Å². The van der Waals surface area contributed by atoms with Crippen molar-refractivity contribution in [3.63, 3.8) is 0 Å². The number of rotatable bonds is 3. The van der Waals surface area contributed by atoms with E-state index < -0.39 is 0 Å². The summed E-state index contributed by atoms with van der Waals surface area (Å²) in [5, 5.41) is 15.0. The summed E-state index contributed by atoms with van der Waals surface area (Å²) in [7, 11) is 0. The molecule has 1 nitrogen and oxygen atoms in total. The lowest BCUT2D eigenvalue weighted by molar-refractivity contribution is 0.670. The van der Waals surface area contributed by atoms with Crippen LogP contribution in [0.4, 0.5) is 0 Å². The molecule has 1 heterocycles. The van der Waals surface area contributed by atoms with E-state index in [9.17, 15) is 0 Å². The quantitative estimate of drug-likeness (QED) is 0.179. The van der Waals surface area contributed by atoms with Gasteiger partial charge in [-0.1, -0.05) is 146 Å². The summed E-state index contributed by atoms with van der Waals surface area (Å²) >= 11 is 0. The molecule has 0 aliphatic heterocycles. The highest BCUT2D eigenvalue weighted by Crippen LogP contribution is 2.44. The third-order valence-corrected chi connectivity index (χ3v) is 10.6. The molecule has 1 heteroatoms. The number of fused-ring (bicyclic) bond motifs is 5. The Morgan fingerprint density at radius 3 is 1.59 bits per heavy atom. The van der Waals surface area contributed by atoms with Crippen molar-refractivity contribution < 1.29 is 4.42 Å². The normalized spacial score (nSPS) is 12.1. The lowest BCUT2D eigenvalue weighted by Gasteiger charge is -2.14. The SMILES string of the molecule is c1ccc2cc(-c3ccc(-c4ccc(-c5ccc6ccc7cccc8ccc5c6c78)cc4)c4c3oc3cc5ccccc5cc34)ccc2c1. The molecule has 0 aliphatic rings. The summed E-state index contributed by atoms with van der Waals surface area (Å²) in [5.74, 6) is 0. The second-order valence-electron chi connectivity index (χ2n) is 13.3. The lowest BCUT2D eigenvalue weighted by atomic mass is 9.89. The summed E-state index contributed by atoms with van der Waals surface area (Å²) in [6.07, 6.45) is 0. The van der Waals surface area contributed by atoms with Crippen molar-refractivity contribution in [1.29, 1.82) is 0 Å². The van der Waals surface area contributed by atoms with Gasteiger partial charge in [0.2, 0.25) is 0 Å². The number of benzene rings is 10. The van der Waals surface area contributed by atoms with Gasteiger partial charge in [0.25, 0.3) is 0 Å². The van der Waals surface area contributed by atoms with Gasteiger partial charge in [-0.3, -0.25) is 0 Å². The Balaban J connectivity index is 1.11. The zero-order chi connectivity index (χ0) is 32.1. The van der Waals surface area contributed by atoms with Crippen molar-refractivity contribution in [2.45, 2.75) is 0 Å². The van der Waals surface area contributed by atoms with Crippen molar-refractivity contribution in [3.8, 4) is 33.4 Å². The molecular weight excluding hydrogens is 593 g/mol. The number of furan rings is 1. The van der Waals surface area contributed by atoms with Gasteiger partial charge in [0.1, 0.15) is 11.2 Å². The minimum atomic E-state index is 0.911. The van der Waals surface area contributed by atoms with E-state index in [0.717, 1.165) is 33.1 Å². The first-order valence-electron chi connectivity index (χ1n) is 16.9. The van der Waals surface area contributed by atoms with E-state index in [4.69, 9.17) is 4.42 Å². The zero-order valence-corrected chi connectivity index (χ0v) is 26.6. The summed E-state index contributed by atoms with van der Waals surface area (Å²) in [4.78, 5) is 0. The van der Waals surface area contributed by atoms with Crippen molar-refractivity contribution in [1.82, 2.24) is 0 Å². The minimum absolute atomic E-state index is 0.911. The standard InChI is InChI=1S/C48H28O/c1-2-7-35-26-38(19-12-29(35)6-1)41-25-24-40(47-43-27-36-8-3-4-9-37(36)28-44(43)49-48(41)47)31-15-13-30(14-16-31)39-22-20-34-18-17-32-10-5-11-33-21-23-42(39)46(34)45(32)33/h1-28H. The van der Waals surface area contributed by atoms with Crippen LogP contribution >= 0.6 is 0 Å². The van der Waals surface area contributed by atoms with E-state index in [1.54, 1.807) is 0 Å². The van der Waals surface area contributed by atoms with Crippen LogP contribution < -0.4 is 0 Å². The molecule has 0 spiro atoms. The topological polar surface area (TPSA) is 13.1 Å². The van der Waals surface area contributed by atoms with Gasteiger partial charge in [-0.2, -0.15) is 0 Å². The van der Waals surface area contributed by atoms with Crippen LogP contribution in [0.2, 0.25) is 0 Å². The van der Waals surface area contributed by atoms with Crippen molar-refractivity contribution in [3.05, 3.63) is 170 Å². The average molecular weight is 621 g/mol. The number of hydrogen-bond acceptors (Lipinski definition) is 1. The van der Waals surface area contributed by atoms with E-state index in [1.807, 2.05) is 0 Å². The molecule has 0 bridgehead atoms. The monoisotopic (exact) mass is 620 g/mol. The van der Waals surface area contributed by atoms with E-state index in [2.05, 4.69) is 170 Å². The Kier molecular flexibility index (Phi) is 5.45. The Bertz CT molecular complexity index is 3070. The van der Waals surface area contributed by atoms with Gasteiger partial charge >= 0.3 is 0 Å². The third kappa shape index (κ3) is 3.94. The van der Waals surface area contributed by atoms with Gasteiger partial charge in [-0.25, -0.2) is 0 Å². The highest BCUT2D eigenvalue weighted by Gasteiger charge is 2.19. The van der Waals surface area contributed by atoms with Gasteiger partial charge in [-0.05, 0) is 106 Å². The highest BCUT2D eigenvalue weighted by molar-refractivity contribution is 6.25. The first-order chi connectivity index (χ1) is 24.3. The first-order valence-corrected chi connectivity index (χ1v) is 16.9. The molecule has 0 N–H and O–H groups in total. The van der Waals surface area contributed by atoms with Crippen LogP contribution in [-0.4, -0.2) is 0 Å². The maximum Gasteiger partial charge on any atom is 0.143 e. The van der Waals surface area contributed by atoms with E-state index in [1.165, 1.54) is 76.1 Å². The Morgan fingerprint density at radius 1 is 0.286 bits per heavy atom. The fourth-order valence-electron chi connectivity index (χ4n) is 8.21. The molecular formula is C48H28O. The molecule has 0 atom stereocenters. The van der Waals surface area contributed by atoms with Crippen LogP contribution in [0.15, 0.2) is 174 Å². The molecule has 0 saturated heterocycles.